The van der Waals surface area contributed by atoms with Gasteiger partial charge in [0.1, 0.15) is 11.8 Å². The molecule has 1 aromatic carbocycles. The number of piperazine rings is 1. The van der Waals surface area contributed by atoms with Crippen molar-refractivity contribution in [2.75, 3.05) is 19.7 Å². The zero-order valence-electron chi connectivity index (χ0n) is 12.5. The van der Waals surface area contributed by atoms with Crippen LogP contribution in [0.2, 0.25) is 0 Å². The first kappa shape index (κ1) is 15.4. The molecule has 1 aliphatic heterocycles. The van der Waals surface area contributed by atoms with Crippen molar-refractivity contribution < 1.29 is 14.3 Å². The summed E-state index contributed by atoms with van der Waals surface area (Å²) in [6, 6.07) is 9.20. The van der Waals surface area contributed by atoms with Gasteiger partial charge in [0.25, 0.3) is 0 Å². The molecule has 0 spiro atoms. The highest BCUT2D eigenvalue weighted by Crippen LogP contribution is 2.15. The molecule has 5 nitrogen and oxygen atoms in total. The second-order valence-corrected chi connectivity index (χ2v) is 5.51. The molecule has 5 heteroatoms. The van der Waals surface area contributed by atoms with E-state index in [2.05, 4.69) is 5.32 Å². The third-order valence-electron chi connectivity index (χ3n) is 3.53. The van der Waals surface area contributed by atoms with Crippen molar-refractivity contribution in [3.8, 4) is 5.75 Å². The van der Waals surface area contributed by atoms with Gasteiger partial charge >= 0.3 is 0 Å². The van der Waals surface area contributed by atoms with Crippen LogP contribution >= 0.6 is 0 Å². The Balaban J connectivity index is 1.85. The molecule has 2 rings (SSSR count). The molecule has 1 saturated heterocycles. The van der Waals surface area contributed by atoms with E-state index in [1.165, 1.54) is 0 Å². The maximum atomic E-state index is 12.0. The molecule has 21 heavy (non-hydrogen) atoms. The summed E-state index contributed by atoms with van der Waals surface area (Å²) in [5, 5.41) is 2.65. The van der Waals surface area contributed by atoms with E-state index in [1.807, 2.05) is 44.2 Å². The quantitative estimate of drug-likeness (QED) is 0.807. The molecule has 1 aliphatic rings. The molecule has 0 aromatic heterocycles. The van der Waals surface area contributed by atoms with E-state index in [1.54, 1.807) is 4.90 Å². The average molecular weight is 290 g/mol. The zero-order valence-corrected chi connectivity index (χ0v) is 12.5. The fraction of sp³-hybridized carbons (Fsp3) is 0.500. The van der Waals surface area contributed by atoms with Gasteiger partial charge in [0.05, 0.1) is 13.2 Å². The van der Waals surface area contributed by atoms with Gasteiger partial charge in [0, 0.05) is 6.54 Å². The van der Waals surface area contributed by atoms with E-state index in [0.717, 1.165) is 5.75 Å². The number of nitrogens with one attached hydrogen (secondary N) is 1. The Morgan fingerprint density at radius 2 is 2.00 bits per heavy atom. The van der Waals surface area contributed by atoms with Gasteiger partial charge in [-0.2, -0.15) is 0 Å². The van der Waals surface area contributed by atoms with Crippen LogP contribution in [0, 0.1) is 5.92 Å². The first-order valence-corrected chi connectivity index (χ1v) is 7.34. The molecule has 1 aromatic rings. The Kier molecular flexibility index (Phi) is 5.20. The molecule has 0 radical (unpaired) electrons. The van der Waals surface area contributed by atoms with Crippen LogP contribution in [0.3, 0.4) is 0 Å². The molecular formula is C16H22N2O3. The van der Waals surface area contributed by atoms with Crippen molar-refractivity contribution in [1.82, 2.24) is 10.2 Å². The molecule has 1 fully saturated rings. The molecule has 1 heterocycles. The number of carbonyl (C=O) groups is 2. The Bertz CT molecular complexity index is 488. The van der Waals surface area contributed by atoms with Crippen LogP contribution in [0.5, 0.6) is 5.75 Å². The lowest BCUT2D eigenvalue weighted by Gasteiger charge is -2.37. The summed E-state index contributed by atoms with van der Waals surface area (Å²) in [5.74, 6) is 0.839. The van der Waals surface area contributed by atoms with Gasteiger partial charge in [0.15, 0.2) is 0 Å². The lowest BCUT2D eigenvalue weighted by atomic mass is 9.99. The van der Waals surface area contributed by atoms with Crippen molar-refractivity contribution in [1.29, 1.82) is 0 Å². The molecule has 1 unspecified atom stereocenters. The van der Waals surface area contributed by atoms with Gasteiger partial charge in [-0.15, -0.1) is 0 Å². The van der Waals surface area contributed by atoms with Crippen LogP contribution in [0.1, 0.15) is 20.3 Å². The standard InChI is InChI=1S/C16H22N2O3/c1-12(2)15-16(20)17-11-14(19)18(15)9-6-10-21-13-7-4-3-5-8-13/h3-5,7-8,12,15H,6,9-11H2,1-2H3,(H,17,20). The fourth-order valence-electron chi connectivity index (χ4n) is 2.53. The second-order valence-electron chi connectivity index (χ2n) is 5.51. The highest BCUT2D eigenvalue weighted by molar-refractivity contribution is 5.94. The summed E-state index contributed by atoms with van der Waals surface area (Å²) in [5.41, 5.74) is 0. The first-order valence-electron chi connectivity index (χ1n) is 7.34. The zero-order chi connectivity index (χ0) is 15.2. The Morgan fingerprint density at radius 3 is 2.67 bits per heavy atom. The number of hydrogen-bond acceptors (Lipinski definition) is 3. The number of para-hydroxylation sites is 1. The van der Waals surface area contributed by atoms with E-state index in [-0.39, 0.29) is 30.3 Å². The third-order valence-corrected chi connectivity index (χ3v) is 3.53. The lowest BCUT2D eigenvalue weighted by molar-refractivity contribution is -0.147. The van der Waals surface area contributed by atoms with E-state index >= 15 is 0 Å². The highest BCUT2D eigenvalue weighted by atomic mass is 16.5. The van der Waals surface area contributed by atoms with Crippen LogP contribution in [0.25, 0.3) is 0 Å². The van der Waals surface area contributed by atoms with Crippen molar-refractivity contribution >= 4 is 11.8 Å². The summed E-state index contributed by atoms with van der Waals surface area (Å²) in [4.78, 5) is 25.6. The van der Waals surface area contributed by atoms with Gasteiger partial charge in [-0.1, -0.05) is 32.0 Å². The average Bonchev–Trinajstić information content (AvgIpc) is 2.47. The molecule has 0 aliphatic carbocycles. The molecule has 1 atom stereocenters. The lowest BCUT2D eigenvalue weighted by Crippen LogP contribution is -2.60. The molecule has 0 saturated carbocycles. The SMILES string of the molecule is CC(C)C1C(=O)NCC(=O)N1CCCOc1ccccc1. The normalized spacial score (nSPS) is 18.8. The smallest absolute Gasteiger partial charge is 0.243 e. The number of amides is 2. The van der Waals surface area contributed by atoms with Crippen LogP contribution in [-0.2, 0) is 9.59 Å². The maximum Gasteiger partial charge on any atom is 0.243 e. The van der Waals surface area contributed by atoms with E-state index in [9.17, 15) is 9.59 Å². The minimum atomic E-state index is -0.372. The van der Waals surface area contributed by atoms with Crippen LogP contribution in [-0.4, -0.2) is 42.5 Å². The van der Waals surface area contributed by atoms with E-state index in [4.69, 9.17) is 4.74 Å². The van der Waals surface area contributed by atoms with Crippen LogP contribution in [0.4, 0.5) is 0 Å². The minimum absolute atomic E-state index is 0.0204. The predicted molar refractivity (Wildman–Crippen MR) is 79.9 cm³/mol. The molecular weight excluding hydrogens is 268 g/mol. The highest BCUT2D eigenvalue weighted by Gasteiger charge is 2.35. The summed E-state index contributed by atoms with van der Waals surface area (Å²) in [7, 11) is 0. The van der Waals surface area contributed by atoms with Crippen molar-refractivity contribution in [2.45, 2.75) is 26.3 Å². The number of carbonyl (C=O) groups excluding carboxylic acids is 2. The third kappa shape index (κ3) is 3.97. The predicted octanol–water partition coefficient (Wildman–Crippen LogP) is 1.44. The Hall–Kier alpha value is -2.04. The second kappa shape index (κ2) is 7.11. The van der Waals surface area contributed by atoms with Gasteiger partial charge < -0.3 is 15.0 Å². The van der Waals surface area contributed by atoms with E-state index in [0.29, 0.717) is 19.6 Å². The minimum Gasteiger partial charge on any atom is -0.494 e. The molecule has 114 valence electrons. The van der Waals surface area contributed by atoms with Crippen LogP contribution in [0.15, 0.2) is 30.3 Å². The fourth-order valence-corrected chi connectivity index (χ4v) is 2.53. The first-order chi connectivity index (χ1) is 10.1. The largest absolute Gasteiger partial charge is 0.494 e. The van der Waals surface area contributed by atoms with E-state index < -0.39 is 0 Å². The van der Waals surface area contributed by atoms with Gasteiger partial charge in [0.2, 0.25) is 11.8 Å². The molecule has 0 bridgehead atoms. The van der Waals surface area contributed by atoms with Crippen molar-refractivity contribution in [3.05, 3.63) is 30.3 Å². The summed E-state index contributed by atoms with van der Waals surface area (Å²) < 4.78 is 5.62. The summed E-state index contributed by atoms with van der Waals surface area (Å²) in [6.45, 7) is 5.08. The maximum absolute atomic E-state index is 12.0. The Labute approximate surface area is 125 Å². The number of benzene rings is 1. The summed E-state index contributed by atoms with van der Waals surface area (Å²) >= 11 is 0. The number of rotatable bonds is 6. The van der Waals surface area contributed by atoms with Crippen molar-refractivity contribution in [2.24, 2.45) is 5.92 Å². The van der Waals surface area contributed by atoms with Gasteiger partial charge in [-0.3, -0.25) is 9.59 Å². The number of hydrogen-bond donors (Lipinski definition) is 1. The number of nitrogens with zero attached hydrogens (tertiary/aromatic N) is 1. The summed E-state index contributed by atoms with van der Waals surface area (Å²) in [6.07, 6.45) is 0.705. The molecule has 2 amide bonds. The Morgan fingerprint density at radius 1 is 1.29 bits per heavy atom. The van der Waals surface area contributed by atoms with Gasteiger partial charge in [-0.25, -0.2) is 0 Å². The van der Waals surface area contributed by atoms with Crippen LogP contribution < -0.4 is 10.1 Å². The van der Waals surface area contributed by atoms with Gasteiger partial charge in [-0.05, 0) is 24.5 Å². The topological polar surface area (TPSA) is 58.6 Å². The molecule has 1 N–H and O–H groups in total. The van der Waals surface area contributed by atoms with Crippen molar-refractivity contribution in [3.63, 3.8) is 0 Å². The number of ether oxygens (including phenoxy) is 1. The monoisotopic (exact) mass is 290 g/mol.